The minimum atomic E-state index is -0.415. The third kappa shape index (κ3) is 5.35. The summed E-state index contributed by atoms with van der Waals surface area (Å²) >= 11 is 1.71. The van der Waals surface area contributed by atoms with Crippen molar-refractivity contribution >= 4 is 35.8 Å². The lowest BCUT2D eigenvalue weighted by molar-refractivity contribution is -0.119. The maximum absolute atomic E-state index is 12.2. The fourth-order valence-electron chi connectivity index (χ4n) is 1.83. The summed E-state index contributed by atoms with van der Waals surface area (Å²) < 4.78 is 0. The number of halogens is 1. The molecule has 1 atom stereocenters. The van der Waals surface area contributed by atoms with E-state index >= 15 is 0 Å². The summed E-state index contributed by atoms with van der Waals surface area (Å²) in [5, 5.41) is 0. The van der Waals surface area contributed by atoms with Crippen molar-refractivity contribution in [3.63, 3.8) is 0 Å². The van der Waals surface area contributed by atoms with Crippen LogP contribution in [0.2, 0.25) is 0 Å². The first-order chi connectivity index (χ1) is 8.97. The molecule has 0 fully saturated rings. The molecule has 1 aromatic carbocycles. The quantitative estimate of drug-likeness (QED) is 0.876. The van der Waals surface area contributed by atoms with Crippen molar-refractivity contribution in [3.8, 4) is 0 Å². The Bertz CT molecular complexity index is 409. The molecule has 0 saturated carbocycles. The first-order valence-corrected chi connectivity index (χ1v) is 7.98. The highest BCUT2D eigenvalue weighted by Gasteiger charge is 2.18. The second kappa shape index (κ2) is 9.27. The summed E-state index contributed by atoms with van der Waals surface area (Å²) in [7, 11) is 1.78. The van der Waals surface area contributed by atoms with Gasteiger partial charge in [-0.1, -0.05) is 26.0 Å². The zero-order valence-electron chi connectivity index (χ0n) is 12.6. The first-order valence-electron chi connectivity index (χ1n) is 6.59. The molecule has 0 heterocycles. The normalized spacial score (nSPS) is 11.9. The molecule has 0 aromatic heterocycles. The highest BCUT2D eigenvalue weighted by molar-refractivity contribution is 7.98. The van der Waals surface area contributed by atoms with Gasteiger partial charge < -0.3 is 10.6 Å². The van der Waals surface area contributed by atoms with Gasteiger partial charge in [0, 0.05) is 12.7 Å². The van der Waals surface area contributed by atoms with Crippen LogP contribution in [0.15, 0.2) is 24.3 Å². The van der Waals surface area contributed by atoms with Crippen LogP contribution < -0.4 is 10.6 Å². The monoisotopic (exact) mass is 316 g/mol. The number of benzene rings is 1. The van der Waals surface area contributed by atoms with Crippen molar-refractivity contribution in [2.75, 3.05) is 24.0 Å². The van der Waals surface area contributed by atoms with Gasteiger partial charge in [-0.3, -0.25) is 4.79 Å². The van der Waals surface area contributed by atoms with Crippen LogP contribution in [0.3, 0.4) is 0 Å². The van der Waals surface area contributed by atoms with Crippen LogP contribution in [0, 0.1) is 0 Å². The predicted molar refractivity (Wildman–Crippen MR) is 92.2 cm³/mol. The van der Waals surface area contributed by atoms with E-state index in [1.807, 2.05) is 18.4 Å². The summed E-state index contributed by atoms with van der Waals surface area (Å²) in [6.45, 7) is 4.31. The molecule has 1 aromatic rings. The number of likely N-dealkylation sites (N-methyl/N-ethyl adjacent to an activating group) is 1. The van der Waals surface area contributed by atoms with Crippen LogP contribution in [0.25, 0.3) is 0 Å². The van der Waals surface area contributed by atoms with E-state index in [4.69, 9.17) is 5.73 Å². The Morgan fingerprint density at radius 2 is 1.85 bits per heavy atom. The van der Waals surface area contributed by atoms with Gasteiger partial charge in [0.25, 0.3) is 0 Å². The zero-order valence-corrected chi connectivity index (χ0v) is 14.3. The number of hydrogen-bond acceptors (Lipinski definition) is 3. The Morgan fingerprint density at radius 1 is 1.30 bits per heavy atom. The van der Waals surface area contributed by atoms with Crippen LogP contribution in [0.4, 0.5) is 5.69 Å². The molecule has 1 rings (SSSR count). The van der Waals surface area contributed by atoms with E-state index in [1.54, 1.807) is 23.7 Å². The third-order valence-corrected chi connectivity index (χ3v) is 3.87. The van der Waals surface area contributed by atoms with Crippen molar-refractivity contribution in [1.82, 2.24) is 0 Å². The lowest BCUT2D eigenvalue weighted by Gasteiger charge is -2.21. The van der Waals surface area contributed by atoms with Crippen LogP contribution in [0.1, 0.15) is 31.7 Å². The average molecular weight is 317 g/mol. The van der Waals surface area contributed by atoms with Crippen LogP contribution in [-0.2, 0) is 4.79 Å². The van der Waals surface area contributed by atoms with E-state index in [9.17, 15) is 4.79 Å². The zero-order chi connectivity index (χ0) is 14.4. The number of nitrogens with two attached hydrogens (primary N) is 1. The molecule has 0 aliphatic heterocycles. The van der Waals surface area contributed by atoms with Gasteiger partial charge in [-0.15, -0.1) is 12.4 Å². The number of hydrogen-bond donors (Lipinski definition) is 1. The number of anilines is 1. The standard InChI is InChI=1S/C15H24N2OS.ClH/c1-11(2)12-5-7-13(8-6-12)17(3)15(18)14(16)9-10-19-4;/h5-8,11,14H,9-10,16H2,1-4H3;1H/t14-;/m0./s1. The van der Waals surface area contributed by atoms with Crippen molar-refractivity contribution in [1.29, 1.82) is 0 Å². The van der Waals surface area contributed by atoms with Gasteiger partial charge in [0.05, 0.1) is 6.04 Å². The molecule has 0 aliphatic carbocycles. The maximum Gasteiger partial charge on any atom is 0.243 e. The minimum Gasteiger partial charge on any atom is -0.320 e. The Kier molecular flexibility index (Phi) is 8.94. The molecule has 0 radical (unpaired) electrons. The molecule has 0 unspecified atom stereocenters. The van der Waals surface area contributed by atoms with Crippen molar-refractivity contribution in [2.45, 2.75) is 32.2 Å². The van der Waals surface area contributed by atoms with Gasteiger partial charge >= 0.3 is 0 Å². The molecule has 0 saturated heterocycles. The van der Waals surface area contributed by atoms with Gasteiger partial charge in [-0.25, -0.2) is 0 Å². The van der Waals surface area contributed by atoms with E-state index in [-0.39, 0.29) is 18.3 Å². The number of amides is 1. The lowest BCUT2D eigenvalue weighted by atomic mass is 10.0. The Balaban J connectivity index is 0.00000361. The number of rotatable bonds is 6. The number of carbonyl (C=O) groups excluding carboxylic acids is 1. The Hall–Kier alpha value is -0.710. The lowest BCUT2D eigenvalue weighted by Crippen LogP contribution is -2.42. The third-order valence-electron chi connectivity index (χ3n) is 3.23. The van der Waals surface area contributed by atoms with E-state index in [2.05, 4.69) is 26.0 Å². The van der Waals surface area contributed by atoms with Gasteiger partial charge in [-0.2, -0.15) is 11.8 Å². The van der Waals surface area contributed by atoms with E-state index < -0.39 is 6.04 Å². The fraction of sp³-hybridized carbons (Fsp3) is 0.533. The Morgan fingerprint density at radius 3 is 2.30 bits per heavy atom. The van der Waals surface area contributed by atoms with E-state index in [0.717, 1.165) is 11.4 Å². The van der Waals surface area contributed by atoms with Gasteiger partial charge in [0.2, 0.25) is 5.91 Å². The molecule has 1 amide bonds. The van der Waals surface area contributed by atoms with E-state index in [0.29, 0.717) is 12.3 Å². The Labute approximate surface area is 132 Å². The van der Waals surface area contributed by atoms with E-state index in [1.165, 1.54) is 5.56 Å². The second-order valence-corrected chi connectivity index (χ2v) is 6.02. The summed E-state index contributed by atoms with van der Waals surface area (Å²) in [6.07, 6.45) is 2.74. The summed E-state index contributed by atoms with van der Waals surface area (Å²) in [5.41, 5.74) is 8.09. The first kappa shape index (κ1) is 19.3. The topological polar surface area (TPSA) is 46.3 Å². The van der Waals surface area contributed by atoms with Gasteiger partial charge in [0.15, 0.2) is 0 Å². The summed E-state index contributed by atoms with van der Waals surface area (Å²) in [6, 6.07) is 7.68. The molecule has 5 heteroatoms. The van der Waals surface area contributed by atoms with Crippen molar-refractivity contribution in [2.24, 2.45) is 5.73 Å². The maximum atomic E-state index is 12.2. The highest BCUT2D eigenvalue weighted by Crippen LogP contribution is 2.20. The SMILES string of the molecule is CSCC[C@H](N)C(=O)N(C)c1ccc(C(C)C)cc1.Cl. The predicted octanol–water partition coefficient (Wildman–Crippen LogP) is 3.28. The number of thioether (sulfide) groups is 1. The van der Waals surface area contributed by atoms with Crippen molar-refractivity contribution in [3.05, 3.63) is 29.8 Å². The van der Waals surface area contributed by atoms with Gasteiger partial charge in [0.1, 0.15) is 0 Å². The molecule has 2 N–H and O–H groups in total. The van der Waals surface area contributed by atoms with Crippen molar-refractivity contribution < 1.29 is 4.79 Å². The largest absolute Gasteiger partial charge is 0.320 e. The molecular formula is C15H25ClN2OS. The summed E-state index contributed by atoms with van der Waals surface area (Å²) in [5.74, 6) is 1.39. The molecule has 3 nitrogen and oxygen atoms in total. The average Bonchev–Trinajstić information content (AvgIpc) is 2.43. The molecule has 0 aliphatic rings. The van der Waals surface area contributed by atoms with Crippen LogP contribution in [0.5, 0.6) is 0 Å². The molecule has 0 spiro atoms. The summed E-state index contributed by atoms with van der Waals surface area (Å²) in [4.78, 5) is 13.8. The fourth-order valence-corrected chi connectivity index (χ4v) is 2.32. The smallest absolute Gasteiger partial charge is 0.243 e. The van der Waals surface area contributed by atoms with Gasteiger partial charge in [-0.05, 0) is 42.0 Å². The molecule has 114 valence electrons. The minimum absolute atomic E-state index is 0. The number of carbonyl (C=O) groups is 1. The number of nitrogens with zero attached hydrogens (tertiary/aromatic N) is 1. The molecular weight excluding hydrogens is 292 g/mol. The molecule has 20 heavy (non-hydrogen) atoms. The highest BCUT2D eigenvalue weighted by atomic mass is 35.5. The second-order valence-electron chi connectivity index (χ2n) is 5.03. The van der Waals surface area contributed by atoms with Crippen LogP contribution in [-0.4, -0.2) is 31.0 Å². The van der Waals surface area contributed by atoms with Crippen LogP contribution >= 0.6 is 24.2 Å². The molecule has 0 bridgehead atoms.